The smallest absolute Gasteiger partial charge is 0.338 e. The van der Waals surface area contributed by atoms with E-state index >= 15 is 0 Å². The molecule has 2 aliphatic rings. The summed E-state index contributed by atoms with van der Waals surface area (Å²) < 4.78 is 15.9. The van der Waals surface area contributed by atoms with Crippen molar-refractivity contribution in [3.63, 3.8) is 0 Å². The van der Waals surface area contributed by atoms with Gasteiger partial charge in [-0.05, 0) is 13.0 Å². The van der Waals surface area contributed by atoms with Crippen LogP contribution in [0.5, 0.6) is 11.5 Å². The molecule has 138 valence electrons. The van der Waals surface area contributed by atoms with E-state index in [1.807, 2.05) is 6.07 Å². The van der Waals surface area contributed by atoms with Crippen molar-refractivity contribution in [2.24, 2.45) is 4.99 Å². The summed E-state index contributed by atoms with van der Waals surface area (Å²) in [5.41, 5.74) is 1.49. The molecule has 0 aromatic heterocycles. The molecule has 0 bridgehead atoms. The Morgan fingerprint density at radius 3 is 2.69 bits per heavy atom. The van der Waals surface area contributed by atoms with Crippen LogP contribution in [0.1, 0.15) is 24.9 Å². The van der Waals surface area contributed by atoms with Gasteiger partial charge in [-0.25, -0.2) is 9.79 Å². The molecule has 1 fully saturated rings. The van der Waals surface area contributed by atoms with Gasteiger partial charge in [-0.1, -0.05) is 23.9 Å². The van der Waals surface area contributed by atoms with Crippen molar-refractivity contribution < 1.29 is 23.8 Å². The third kappa shape index (κ3) is 2.94. The number of allylic oxidation sites excluding steroid dienone is 1. The molecular formula is C18H20N2O5S. The number of carbonyl (C=O) groups is 2. The van der Waals surface area contributed by atoms with Crippen molar-refractivity contribution in [1.29, 1.82) is 0 Å². The molecule has 0 saturated carbocycles. The number of hydrogen-bond donors (Lipinski definition) is 0. The zero-order valence-corrected chi connectivity index (χ0v) is 15.9. The standard InChI is InChI=1S/C18H20N2O5S/c1-10-14(17(22)25-4)15(20-13(21)8-9-26-18(20)19-10)11-6-5-7-12(23-2)16(11)24-3/h5-7,15H,8-9H2,1-4H3/t15-/m1/s1. The highest BCUT2D eigenvalue weighted by molar-refractivity contribution is 8.14. The lowest BCUT2D eigenvalue weighted by atomic mass is 9.93. The lowest BCUT2D eigenvalue weighted by Gasteiger charge is -2.39. The van der Waals surface area contributed by atoms with Gasteiger partial charge in [-0.2, -0.15) is 0 Å². The number of hydrogen-bond acceptors (Lipinski definition) is 7. The Morgan fingerprint density at radius 1 is 1.27 bits per heavy atom. The van der Waals surface area contributed by atoms with Crippen molar-refractivity contribution in [2.45, 2.75) is 19.4 Å². The van der Waals surface area contributed by atoms with Crippen LogP contribution in [0.4, 0.5) is 0 Å². The fraction of sp³-hybridized carbons (Fsp3) is 0.389. The van der Waals surface area contributed by atoms with Crippen molar-refractivity contribution >= 4 is 28.8 Å². The molecule has 0 aliphatic carbocycles. The number of thioether (sulfide) groups is 1. The van der Waals surface area contributed by atoms with Gasteiger partial charge in [-0.15, -0.1) is 0 Å². The molecule has 1 aromatic rings. The van der Waals surface area contributed by atoms with Crippen LogP contribution in [0.15, 0.2) is 34.5 Å². The molecule has 3 rings (SSSR count). The number of carbonyl (C=O) groups excluding carboxylic acids is 2. The van der Waals surface area contributed by atoms with Crippen LogP contribution in [0.3, 0.4) is 0 Å². The van der Waals surface area contributed by atoms with E-state index in [1.54, 1.807) is 31.1 Å². The van der Waals surface area contributed by atoms with Gasteiger partial charge < -0.3 is 14.2 Å². The number of fused-ring (bicyclic) bond motifs is 1. The Hall–Kier alpha value is -2.48. The zero-order chi connectivity index (χ0) is 18.8. The fourth-order valence-electron chi connectivity index (χ4n) is 3.19. The number of aliphatic imine (C=N–C) groups is 1. The van der Waals surface area contributed by atoms with E-state index in [0.717, 1.165) is 0 Å². The first-order valence-electron chi connectivity index (χ1n) is 8.07. The number of para-hydroxylation sites is 1. The van der Waals surface area contributed by atoms with Gasteiger partial charge in [0, 0.05) is 17.7 Å². The van der Waals surface area contributed by atoms with E-state index in [1.165, 1.54) is 26.0 Å². The molecule has 2 heterocycles. The van der Waals surface area contributed by atoms with Gasteiger partial charge in [-0.3, -0.25) is 9.69 Å². The Labute approximate surface area is 156 Å². The molecule has 0 radical (unpaired) electrons. The highest BCUT2D eigenvalue weighted by atomic mass is 32.2. The molecule has 0 unspecified atom stereocenters. The van der Waals surface area contributed by atoms with Crippen LogP contribution in [0.2, 0.25) is 0 Å². The molecule has 0 N–H and O–H groups in total. The topological polar surface area (TPSA) is 77.4 Å². The minimum atomic E-state index is -0.680. The molecule has 1 saturated heterocycles. The van der Waals surface area contributed by atoms with Crippen LogP contribution in [-0.2, 0) is 14.3 Å². The van der Waals surface area contributed by atoms with Crippen LogP contribution in [0, 0.1) is 0 Å². The molecule has 1 amide bonds. The van der Waals surface area contributed by atoms with Crippen molar-refractivity contribution in [2.75, 3.05) is 27.1 Å². The summed E-state index contributed by atoms with van der Waals surface area (Å²) >= 11 is 1.49. The Morgan fingerprint density at radius 2 is 2.04 bits per heavy atom. The lowest BCUT2D eigenvalue weighted by molar-refractivity contribution is -0.137. The number of methoxy groups -OCH3 is 3. The molecule has 2 aliphatic heterocycles. The van der Waals surface area contributed by atoms with Gasteiger partial charge in [0.05, 0.1) is 32.6 Å². The summed E-state index contributed by atoms with van der Waals surface area (Å²) in [6, 6.07) is 4.70. The predicted molar refractivity (Wildman–Crippen MR) is 98.4 cm³/mol. The highest BCUT2D eigenvalue weighted by Crippen LogP contribution is 2.45. The molecule has 8 heteroatoms. The van der Waals surface area contributed by atoms with Gasteiger partial charge in [0.1, 0.15) is 6.04 Å². The van der Waals surface area contributed by atoms with E-state index < -0.39 is 12.0 Å². The number of esters is 1. The minimum absolute atomic E-state index is 0.0914. The SMILES string of the molecule is COC(=O)C1=C(C)N=C2SCCC(=O)N2[C@@H]1c1cccc(OC)c1OC. The summed E-state index contributed by atoms with van der Waals surface area (Å²) in [6.45, 7) is 1.75. The first-order valence-corrected chi connectivity index (χ1v) is 9.05. The van der Waals surface area contributed by atoms with E-state index in [-0.39, 0.29) is 5.91 Å². The van der Waals surface area contributed by atoms with Gasteiger partial charge in [0.15, 0.2) is 16.7 Å². The van der Waals surface area contributed by atoms with Crippen LogP contribution in [0.25, 0.3) is 0 Å². The number of rotatable bonds is 4. The van der Waals surface area contributed by atoms with Crippen molar-refractivity contribution in [3.05, 3.63) is 35.0 Å². The predicted octanol–water partition coefficient (Wildman–Crippen LogP) is 2.53. The maximum atomic E-state index is 12.7. The number of amides is 1. The Bertz CT molecular complexity index is 818. The summed E-state index contributed by atoms with van der Waals surface area (Å²) in [6.07, 6.45) is 0.375. The molecule has 26 heavy (non-hydrogen) atoms. The Balaban J connectivity index is 2.26. The number of nitrogens with zero attached hydrogens (tertiary/aromatic N) is 2. The molecular weight excluding hydrogens is 356 g/mol. The average Bonchev–Trinajstić information content (AvgIpc) is 2.65. The zero-order valence-electron chi connectivity index (χ0n) is 15.1. The van der Waals surface area contributed by atoms with Crippen LogP contribution >= 0.6 is 11.8 Å². The number of ether oxygens (including phenoxy) is 3. The van der Waals surface area contributed by atoms with Crippen LogP contribution in [-0.4, -0.2) is 49.0 Å². The van der Waals surface area contributed by atoms with Gasteiger partial charge in [0.2, 0.25) is 5.91 Å². The van der Waals surface area contributed by atoms with Crippen molar-refractivity contribution in [1.82, 2.24) is 4.90 Å². The monoisotopic (exact) mass is 376 g/mol. The summed E-state index contributed by atoms with van der Waals surface area (Å²) in [4.78, 5) is 31.3. The fourth-order valence-corrected chi connectivity index (χ4v) is 4.20. The second-order valence-corrected chi connectivity index (χ2v) is 6.79. The summed E-state index contributed by atoms with van der Waals surface area (Å²) in [5.74, 6) is 1.04. The van der Waals surface area contributed by atoms with E-state index in [0.29, 0.717) is 45.7 Å². The largest absolute Gasteiger partial charge is 0.493 e. The normalized spacial score (nSPS) is 19.7. The molecule has 7 nitrogen and oxygen atoms in total. The van der Waals surface area contributed by atoms with E-state index in [9.17, 15) is 9.59 Å². The van der Waals surface area contributed by atoms with Gasteiger partial charge in [0.25, 0.3) is 0 Å². The van der Waals surface area contributed by atoms with E-state index in [4.69, 9.17) is 14.2 Å². The van der Waals surface area contributed by atoms with Crippen molar-refractivity contribution in [3.8, 4) is 11.5 Å². The summed E-state index contributed by atoms with van der Waals surface area (Å²) in [5, 5.41) is 0.585. The quantitative estimate of drug-likeness (QED) is 0.752. The maximum Gasteiger partial charge on any atom is 0.338 e. The maximum absolute atomic E-state index is 12.7. The van der Waals surface area contributed by atoms with Gasteiger partial charge >= 0.3 is 5.97 Å². The second kappa shape index (κ2) is 7.41. The Kier molecular flexibility index (Phi) is 5.22. The summed E-state index contributed by atoms with van der Waals surface area (Å²) in [7, 11) is 4.38. The average molecular weight is 376 g/mol. The van der Waals surface area contributed by atoms with Crippen LogP contribution < -0.4 is 9.47 Å². The molecule has 0 spiro atoms. The van der Waals surface area contributed by atoms with E-state index in [2.05, 4.69) is 4.99 Å². The second-order valence-electron chi connectivity index (χ2n) is 5.73. The minimum Gasteiger partial charge on any atom is -0.493 e. The third-order valence-corrected chi connectivity index (χ3v) is 5.29. The third-order valence-electron chi connectivity index (χ3n) is 4.34. The highest BCUT2D eigenvalue weighted by Gasteiger charge is 2.43. The first-order chi connectivity index (χ1) is 12.5. The number of amidine groups is 1. The molecule has 1 atom stereocenters. The number of benzene rings is 1. The first kappa shape index (κ1) is 18.3. The lowest BCUT2D eigenvalue weighted by Crippen LogP contribution is -2.45. The molecule has 1 aromatic carbocycles.